The fraction of sp³-hybridized carbons (Fsp3) is 0.333. The van der Waals surface area contributed by atoms with Gasteiger partial charge in [0.05, 0.1) is 5.70 Å². The molecule has 1 aliphatic carbocycles. The summed E-state index contributed by atoms with van der Waals surface area (Å²) < 4.78 is 80.7. The molecule has 0 aromatic rings. The quantitative estimate of drug-likeness (QED) is 0.532. The van der Waals surface area contributed by atoms with Crippen LogP contribution in [0.2, 0.25) is 0 Å². The monoisotopic (exact) mass is 247 g/mol. The summed E-state index contributed by atoms with van der Waals surface area (Å²) in [6.45, 7) is 0. The number of hydrogen-bond donors (Lipinski definition) is 2. The van der Waals surface area contributed by atoms with Gasteiger partial charge < -0.3 is 5.73 Å². The molecule has 2 unspecified atom stereocenters. The van der Waals surface area contributed by atoms with Crippen LogP contribution in [0, 0.1) is 0 Å². The second-order valence-electron chi connectivity index (χ2n) is 2.80. The van der Waals surface area contributed by atoms with E-state index in [2.05, 4.69) is 5.73 Å². The molecule has 1 rings (SSSR count). The van der Waals surface area contributed by atoms with E-state index in [4.69, 9.17) is 4.55 Å². The first-order chi connectivity index (χ1) is 6.61. The van der Waals surface area contributed by atoms with E-state index < -0.39 is 44.7 Å². The Bertz CT molecular complexity index is 457. The number of hydrogen-bond acceptors (Lipinski definition) is 3. The normalized spacial score (nSPS) is 32.9. The van der Waals surface area contributed by atoms with Crippen LogP contribution in [0.3, 0.4) is 0 Å². The maximum atomic E-state index is 13.3. The highest BCUT2D eigenvalue weighted by atomic mass is 32.2. The van der Waals surface area contributed by atoms with E-state index in [1.54, 1.807) is 0 Å². The van der Waals surface area contributed by atoms with Crippen molar-refractivity contribution in [1.82, 2.24) is 0 Å². The summed E-state index contributed by atoms with van der Waals surface area (Å²) in [5.41, 5.74) is 3.06. The summed E-state index contributed by atoms with van der Waals surface area (Å²) in [4.78, 5) is 0. The van der Waals surface area contributed by atoms with Crippen molar-refractivity contribution in [3.05, 3.63) is 23.4 Å². The summed E-state index contributed by atoms with van der Waals surface area (Å²) in [7, 11) is -5.60. The molecule has 0 saturated heterocycles. The SMILES string of the molecule is NC1=C(F)C(F)=CC(F)(S(=O)(=O)O)C1F. The van der Waals surface area contributed by atoms with E-state index in [1.165, 1.54) is 0 Å². The van der Waals surface area contributed by atoms with Crippen LogP contribution >= 0.6 is 0 Å². The topological polar surface area (TPSA) is 80.4 Å². The molecular weight excluding hydrogens is 242 g/mol. The Labute approximate surface area is 81.8 Å². The lowest BCUT2D eigenvalue weighted by Gasteiger charge is -2.26. The van der Waals surface area contributed by atoms with E-state index in [0.29, 0.717) is 0 Å². The van der Waals surface area contributed by atoms with Crippen molar-refractivity contribution >= 4 is 10.1 Å². The van der Waals surface area contributed by atoms with Crippen molar-refractivity contribution in [3.8, 4) is 0 Å². The van der Waals surface area contributed by atoms with E-state index in [-0.39, 0.29) is 0 Å². The molecule has 2 atom stereocenters. The molecule has 0 bridgehead atoms. The maximum Gasteiger partial charge on any atom is 0.307 e. The Morgan fingerprint density at radius 2 is 1.93 bits per heavy atom. The largest absolute Gasteiger partial charge is 0.397 e. The Morgan fingerprint density at radius 1 is 1.47 bits per heavy atom. The summed E-state index contributed by atoms with van der Waals surface area (Å²) in [6.07, 6.45) is -3.72. The van der Waals surface area contributed by atoms with E-state index >= 15 is 0 Å². The molecule has 15 heavy (non-hydrogen) atoms. The predicted octanol–water partition coefficient (Wildman–Crippen LogP) is 0.885. The molecule has 0 heterocycles. The lowest BCUT2D eigenvalue weighted by atomic mass is 10.1. The first kappa shape index (κ1) is 12.0. The molecule has 0 aromatic heterocycles. The van der Waals surface area contributed by atoms with Gasteiger partial charge in [0, 0.05) is 6.08 Å². The summed E-state index contributed by atoms with van der Waals surface area (Å²) >= 11 is 0. The van der Waals surface area contributed by atoms with Gasteiger partial charge in [-0.3, -0.25) is 4.55 Å². The van der Waals surface area contributed by atoms with Crippen molar-refractivity contribution in [3.63, 3.8) is 0 Å². The van der Waals surface area contributed by atoms with Crippen molar-refractivity contribution in [2.45, 2.75) is 11.2 Å². The third-order valence-corrected chi connectivity index (χ3v) is 2.92. The minimum absolute atomic E-state index is 0.515. The van der Waals surface area contributed by atoms with Crippen LogP contribution in [0.15, 0.2) is 23.4 Å². The minimum Gasteiger partial charge on any atom is -0.397 e. The highest BCUT2D eigenvalue weighted by Crippen LogP contribution is 2.38. The van der Waals surface area contributed by atoms with Gasteiger partial charge in [0.2, 0.25) is 0 Å². The first-order valence-electron chi connectivity index (χ1n) is 3.45. The molecule has 1 aliphatic rings. The van der Waals surface area contributed by atoms with Crippen LogP contribution in [0.25, 0.3) is 0 Å². The molecule has 0 aromatic carbocycles. The van der Waals surface area contributed by atoms with Gasteiger partial charge >= 0.3 is 10.1 Å². The molecule has 9 heteroatoms. The number of alkyl halides is 2. The molecule has 0 fully saturated rings. The number of nitrogens with two attached hydrogens (primary N) is 1. The van der Waals surface area contributed by atoms with Gasteiger partial charge in [-0.05, 0) is 0 Å². The molecule has 3 N–H and O–H groups in total. The average molecular weight is 247 g/mol. The van der Waals surface area contributed by atoms with E-state index in [9.17, 15) is 26.0 Å². The third-order valence-electron chi connectivity index (χ3n) is 1.80. The highest BCUT2D eigenvalue weighted by molar-refractivity contribution is 7.87. The number of rotatable bonds is 1. The van der Waals surface area contributed by atoms with Crippen LogP contribution < -0.4 is 5.73 Å². The predicted molar refractivity (Wildman–Crippen MR) is 41.8 cm³/mol. The Kier molecular flexibility index (Phi) is 2.56. The maximum absolute atomic E-state index is 13.3. The zero-order valence-electron chi connectivity index (χ0n) is 6.92. The molecule has 0 radical (unpaired) electrons. The van der Waals surface area contributed by atoms with Gasteiger partial charge in [0.25, 0.3) is 5.00 Å². The zero-order valence-corrected chi connectivity index (χ0v) is 7.73. The van der Waals surface area contributed by atoms with Gasteiger partial charge in [-0.25, -0.2) is 17.6 Å². The van der Waals surface area contributed by atoms with Crippen molar-refractivity contribution in [2.24, 2.45) is 5.73 Å². The molecule has 0 amide bonds. The molecule has 0 saturated carbocycles. The molecule has 4 nitrogen and oxygen atoms in total. The fourth-order valence-corrected chi connectivity index (χ4v) is 1.62. The van der Waals surface area contributed by atoms with Crippen LogP contribution in [0.1, 0.15) is 0 Å². The highest BCUT2D eigenvalue weighted by Gasteiger charge is 2.55. The molecule has 0 spiro atoms. The zero-order chi connectivity index (χ0) is 12.0. The van der Waals surface area contributed by atoms with Crippen molar-refractivity contribution < 1.29 is 30.5 Å². The second kappa shape index (κ2) is 3.20. The minimum atomic E-state index is -5.60. The van der Waals surface area contributed by atoms with Crippen LogP contribution in [0.4, 0.5) is 17.6 Å². The molecule has 86 valence electrons. The Balaban J connectivity index is 3.43. The third kappa shape index (κ3) is 1.61. The van der Waals surface area contributed by atoms with E-state index in [1.807, 2.05) is 0 Å². The number of halogens is 4. The van der Waals surface area contributed by atoms with Gasteiger partial charge in [-0.2, -0.15) is 8.42 Å². The summed E-state index contributed by atoms with van der Waals surface area (Å²) in [6, 6.07) is 0. The fourth-order valence-electron chi connectivity index (χ4n) is 0.976. The molecule has 0 aliphatic heterocycles. The lowest BCUT2D eigenvalue weighted by Crippen LogP contribution is -2.46. The van der Waals surface area contributed by atoms with Crippen LogP contribution in [0.5, 0.6) is 0 Å². The molecular formula is C6H5F4NO3S. The van der Waals surface area contributed by atoms with Gasteiger partial charge in [-0.1, -0.05) is 0 Å². The smallest absolute Gasteiger partial charge is 0.307 e. The lowest BCUT2D eigenvalue weighted by molar-refractivity contribution is 0.169. The first-order valence-corrected chi connectivity index (χ1v) is 4.89. The van der Waals surface area contributed by atoms with Crippen molar-refractivity contribution in [2.75, 3.05) is 0 Å². The standard InChI is InChI=1S/C6H5F4NO3S/c7-2-1-6(10,15(12,13)14)5(9)4(11)3(2)8/h1,5H,11H2,(H,12,13,14). The van der Waals surface area contributed by atoms with Gasteiger partial charge in [0.15, 0.2) is 17.8 Å². The van der Waals surface area contributed by atoms with Crippen LogP contribution in [-0.4, -0.2) is 24.1 Å². The van der Waals surface area contributed by atoms with Crippen molar-refractivity contribution in [1.29, 1.82) is 0 Å². The summed E-state index contributed by atoms with van der Waals surface area (Å²) in [5.74, 6) is -3.87. The number of allylic oxidation sites excluding steroid dienone is 3. The Hall–Kier alpha value is -1.09. The average Bonchev–Trinajstić information content (AvgIpc) is 2.10. The summed E-state index contributed by atoms with van der Waals surface area (Å²) in [5, 5.41) is -4.10. The van der Waals surface area contributed by atoms with E-state index in [0.717, 1.165) is 0 Å². The Morgan fingerprint density at radius 3 is 2.33 bits per heavy atom. The van der Waals surface area contributed by atoms with Gasteiger partial charge in [0.1, 0.15) is 0 Å². The second-order valence-corrected chi connectivity index (χ2v) is 4.37. The van der Waals surface area contributed by atoms with Crippen LogP contribution in [-0.2, 0) is 10.1 Å². The van der Waals surface area contributed by atoms with Gasteiger partial charge in [-0.15, -0.1) is 0 Å².